The molecule has 2 rings (SSSR count). The first-order valence-corrected chi connectivity index (χ1v) is 7.19. The number of aromatic nitrogens is 2. The first-order valence-electron chi connectivity index (χ1n) is 7.19. The Hall–Kier alpha value is -2.47. The van der Waals surface area contributed by atoms with E-state index in [0.717, 1.165) is 5.69 Å². The van der Waals surface area contributed by atoms with Crippen LogP contribution in [0.4, 0.5) is 11.6 Å². The molecule has 6 nitrogen and oxygen atoms in total. The van der Waals surface area contributed by atoms with Crippen molar-refractivity contribution in [2.75, 3.05) is 37.0 Å². The normalized spacial score (nSPS) is 10.3. The third kappa shape index (κ3) is 4.02. The quantitative estimate of drug-likeness (QED) is 0.794. The second-order valence-corrected chi connectivity index (χ2v) is 4.57. The highest BCUT2D eigenvalue weighted by molar-refractivity contribution is 6.04. The standard InChI is InChI=1S/C16H20N4O2/c1-3-20(13-7-5-4-6-8-13)15(21)14-9-10-17-16(19-14)18-11-12-22-2/h4-10H,3,11-12H2,1-2H3,(H,17,18,19). The van der Waals surface area contributed by atoms with E-state index in [-0.39, 0.29) is 5.91 Å². The van der Waals surface area contributed by atoms with Crippen molar-refractivity contribution in [3.8, 4) is 0 Å². The highest BCUT2D eigenvalue weighted by Gasteiger charge is 2.17. The van der Waals surface area contributed by atoms with E-state index in [1.807, 2.05) is 37.3 Å². The number of rotatable bonds is 7. The average molecular weight is 300 g/mol. The zero-order valence-corrected chi connectivity index (χ0v) is 12.8. The van der Waals surface area contributed by atoms with Crippen LogP contribution in [0.25, 0.3) is 0 Å². The van der Waals surface area contributed by atoms with E-state index in [0.29, 0.717) is 31.3 Å². The van der Waals surface area contributed by atoms with Gasteiger partial charge in [-0.2, -0.15) is 0 Å². The number of nitrogens with one attached hydrogen (secondary N) is 1. The number of nitrogens with zero attached hydrogens (tertiary/aromatic N) is 3. The van der Waals surface area contributed by atoms with E-state index >= 15 is 0 Å². The third-order valence-electron chi connectivity index (χ3n) is 3.09. The summed E-state index contributed by atoms with van der Waals surface area (Å²) in [6.45, 7) is 3.64. The summed E-state index contributed by atoms with van der Waals surface area (Å²) in [7, 11) is 1.63. The predicted molar refractivity (Wildman–Crippen MR) is 86.2 cm³/mol. The molecule has 0 radical (unpaired) electrons. The number of benzene rings is 1. The van der Waals surface area contributed by atoms with Crippen molar-refractivity contribution >= 4 is 17.5 Å². The monoisotopic (exact) mass is 300 g/mol. The van der Waals surface area contributed by atoms with Gasteiger partial charge in [0.2, 0.25) is 5.95 Å². The molecule has 116 valence electrons. The highest BCUT2D eigenvalue weighted by atomic mass is 16.5. The minimum atomic E-state index is -0.147. The fraction of sp³-hybridized carbons (Fsp3) is 0.312. The fourth-order valence-electron chi connectivity index (χ4n) is 2.02. The van der Waals surface area contributed by atoms with Gasteiger partial charge in [0.1, 0.15) is 5.69 Å². The van der Waals surface area contributed by atoms with Gasteiger partial charge in [0.05, 0.1) is 6.61 Å². The number of para-hydroxylation sites is 1. The van der Waals surface area contributed by atoms with Crippen LogP contribution in [0.1, 0.15) is 17.4 Å². The molecular weight excluding hydrogens is 280 g/mol. The van der Waals surface area contributed by atoms with Gasteiger partial charge >= 0.3 is 0 Å². The Morgan fingerprint density at radius 3 is 2.73 bits per heavy atom. The van der Waals surface area contributed by atoms with E-state index in [4.69, 9.17) is 4.74 Å². The summed E-state index contributed by atoms with van der Waals surface area (Å²) in [6, 6.07) is 11.2. The maximum Gasteiger partial charge on any atom is 0.277 e. The number of carbonyl (C=O) groups excluding carboxylic acids is 1. The Balaban J connectivity index is 2.15. The SMILES string of the molecule is CCN(C(=O)c1ccnc(NCCOC)n1)c1ccccc1. The van der Waals surface area contributed by atoms with Gasteiger partial charge in [-0.1, -0.05) is 18.2 Å². The van der Waals surface area contributed by atoms with Crippen molar-refractivity contribution in [1.82, 2.24) is 9.97 Å². The van der Waals surface area contributed by atoms with Gasteiger partial charge in [-0.3, -0.25) is 4.79 Å². The molecule has 0 unspecified atom stereocenters. The largest absolute Gasteiger partial charge is 0.383 e. The van der Waals surface area contributed by atoms with Gasteiger partial charge in [0, 0.05) is 32.1 Å². The second kappa shape index (κ2) is 8.09. The van der Waals surface area contributed by atoms with Crippen molar-refractivity contribution in [1.29, 1.82) is 0 Å². The Bertz CT molecular complexity index is 604. The molecule has 0 saturated carbocycles. The summed E-state index contributed by atoms with van der Waals surface area (Å²) in [6.07, 6.45) is 1.58. The molecule has 1 aromatic heterocycles. The van der Waals surface area contributed by atoms with Crippen LogP contribution in [0.2, 0.25) is 0 Å². The second-order valence-electron chi connectivity index (χ2n) is 4.57. The smallest absolute Gasteiger partial charge is 0.277 e. The maximum atomic E-state index is 12.6. The van der Waals surface area contributed by atoms with E-state index in [1.165, 1.54) is 0 Å². The molecule has 1 amide bonds. The molecule has 0 saturated heterocycles. The summed E-state index contributed by atoms with van der Waals surface area (Å²) in [4.78, 5) is 22.7. The molecule has 0 spiro atoms. The zero-order chi connectivity index (χ0) is 15.8. The van der Waals surface area contributed by atoms with Crippen LogP contribution in [-0.2, 0) is 4.74 Å². The first kappa shape index (κ1) is 15.9. The number of methoxy groups -OCH3 is 1. The summed E-state index contributed by atoms with van der Waals surface area (Å²) in [5, 5.41) is 3.02. The Labute approximate surface area is 130 Å². The number of amides is 1. The van der Waals surface area contributed by atoms with Gasteiger partial charge in [-0.05, 0) is 25.1 Å². The minimum Gasteiger partial charge on any atom is -0.383 e. The molecule has 1 N–H and O–H groups in total. The van der Waals surface area contributed by atoms with Crippen LogP contribution < -0.4 is 10.2 Å². The number of ether oxygens (including phenoxy) is 1. The van der Waals surface area contributed by atoms with Crippen molar-refractivity contribution in [2.24, 2.45) is 0 Å². The van der Waals surface area contributed by atoms with Gasteiger partial charge in [-0.15, -0.1) is 0 Å². The third-order valence-corrected chi connectivity index (χ3v) is 3.09. The van der Waals surface area contributed by atoms with Gasteiger partial charge in [-0.25, -0.2) is 9.97 Å². The van der Waals surface area contributed by atoms with Crippen LogP contribution in [0.5, 0.6) is 0 Å². The van der Waals surface area contributed by atoms with Crippen LogP contribution in [0, 0.1) is 0 Å². The fourth-order valence-corrected chi connectivity index (χ4v) is 2.02. The lowest BCUT2D eigenvalue weighted by atomic mass is 10.2. The lowest BCUT2D eigenvalue weighted by Crippen LogP contribution is -2.31. The molecule has 1 heterocycles. The lowest BCUT2D eigenvalue weighted by molar-refractivity contribution is 0.0983. The predicted octanol–water partition coefficient (Wildman–Crippen LogP) is 2.20. The molecule has 6 heteroatoms. The van der Waals surface area contributed by atoms with Gasteiger partial charge in [0.25, 0.3) is 5.91 Å². The topological polar surface area (TPSA) is 67.4 Å². The molecule has 0 aliphatic heterocycles. The van der Waals surface area contributed by atoms with Crippen molar-refractivity contribution in [3.63, 3.8) is 0 Å². The Morgan fingerprint density at radius 2 is 2.05 bits per heavy atom. The van der Waals surface area contributed by atoms with Crippen molar-refractivity contribution in [3.05, 3.63) is 48.3 Å². The summed E-state index contributed by atoms with van der Waals surface area (Å²) >= 11 is 0. The number of carbonyl (C=O) groups is 1. The molecule has 0 aliphatic rings. The minimum absolute atomic E-state index is 0.147. The molecule has 0 aliphatic carbocycles. The zero-order valence-electron chi connectivity index (χ0n) is 12.8. The number of anilines is 2. The van der Waals surface area contributed by atoms with E-state index in [2.05, 4.69) is 15.3 Å². The van der Waals surface area contributed by atoms with E-state index in [9.17, 15) is 4.79 Å². The van der Waals surface area contributed by atoms with Crippen LogP contribution in [0.3, 0.4) is 0 Å². The van der Waals surface area contributed by atoms with Crippen molar-refractivity contribution in [2.45, 2.75) is 6.92 Å². The maximum absolute atomic E-state index is 12.6. The number of hydrogen-bond acceptors (Lipinski definition) is 5. The molecule has 0 fully saturated rings. The highest BCUT2D eigenvalue weighted by Crippen LogP contribution is 2.16. The summed E-state index contributed by atoms with van der Waals surface area (Å²) < 4.78 is 4.96. The van der Waals surface area contributed by atoms with Crippen molar-refractivity contribution < 1.29 is 9.53 Å². The Morgan fingerprint density at radius 1 is 1.27 bits per heavy atom. The molecule has 1 aromatic carbocycles. The average Bonchev–Trinajstić information content (AvgIpc) is 2.57. The molecular formula is C16H20N4O2. The summed E-state index contributed by atoms with van der Waals surface area (Å²) in [5.74, 6) is 0.276. The van der Waals surface area contributed by atoms with E-state index in [1.54, 1.807) is 24.3 Å². The molecule has 22 heavy (non-hydrogen) atoms. The van der Waals surface area contributed by atoms with Gasteiger partial charge < -0.3 is 15.0 Å². The van der Waals surface area contributed by atoms with E-state index < -0.39 is 0 Å². The molecule has 0 bridgehead atoms. The lowest BCUT2D eigenvalue weighted by Gasteiger charge is -2.20. The molecule has 2 aromatic rings. The summed E-state index contributed by atoms with van der Waals surface area (Å²) in [5.41, 5.74) is 1.21. The van der Waals surface area contributed by atoms with Crippen LogP contribution in [-0.4, -0.2) is 42.7 Å². The molecule has 0 atom stereocenters. The number of hydrogen-bond donors (Lipinski definition) is 1. The Kier molecular flexibility index (Phi) is 5.85. The first-order chi connectivity index (χ1) is 10.8. The van der Waals surface area contributed by atoms with Gasteiger partial charge in [0.15, 0.2) is 0 Å². The van der Waals surface area contributed by atoms with Crippen LogP contribution in [0.15, 0.2) is 42.6 Å². The van der Waals surface area contributed by atoms with Crippen LogP contribution >= 0.6 is 0 Å².